The van der Waals surface area contributed by atoms with Gasteiger partial charge in [-0.3, -0.25) is 4.79 Å². The Labute approximate surface area is 188 Å². The molecule has 0 spiro atoms. The molecule has 1 aliphatic heterocycles. The van der Waals surface area contributed by atoms with Gasteiger partial charge in [-0.25, -0.2) is 0 Å². The van der Waals surface area contributed by atoms with E-state index in [4.69, 9.17) is 9.47 Å². The SMILES string of the molecule is COc1ccc(C2Nc3ccccc3NC3=CC(c4ccccc4)CC(=O)C32)c(OC)c1. The molecule has 3 atom stereocenters. The van der Waals surface area contributed by atoms with Crippen LogP contribution < -0.4 is 20.1 Å². The average Bonchev–Trinajstić information content (AvgIpc) is 3.01. The molecule has 3 unspecified atom stereocenters. The molecular formula is C27H26N2O3. The number of para-hydroxylation sites is 2. The van der Waals surface area contributed by atoms with Gasteiger partial charge in [0.25, 0.3) is 0 Å². The summed E-state index contributed by atoms with van der Waals surface area (Å²) >= 11 is 0. The van der Waals surface area contributed by atoms with Crippen LogP contribution in [0.25, 0.3) is 0 Å². The van der Waals surface area contributed by atoms with Gasteiger partial charge < -0.3 is 20.1 Å². The third-order valence-corrected chi connectivity index (χ3v) is 6.34. The Morgan fingerprint density at radius 1 is 0.875 bits per heavy atom. The number of methoxy groups -OCH3 is 2. The third kappa shape index (κ3) is 3.60. The van der Waals surface area contributed by atoms with Crippen molar-refractivity contribution in [3.05, 3.63) is 95.7 Å². The van der Waals surface area contributed by atoms with Crippen molar-refractivity contribution in [2.45, 2.75) is 18.4 Å². The highest BCUT2D eigenvalue weighted by molar-refractivity contribution is 5.90. The molecule has 0 fully saturated rings. The van der Waals surface area contributed by atoms with E-state index in [1.165, 1.54) is 0 Å². The van der Waals surface area contributed by atoms with Gasteiger partial charge in [-0.2, -0.15) is 0 Å². The van der Waals surface area contributed by atoms with Gasteiger partial charge in [-0.15, -0.1) is 0 Å². The number of carbonyl (C=O) groups is 1. The van der Waals surface area contributed by atoms with E-state index in [2.05, 4.69) is 28.8 Å². The number of rotatable bonds is 4. The molecule has 2 aliphatic rings. The van der Waals surface area contributed by atoms with Crippen LogP contribution >= 0.6 is 0 Å². The minimum absolute atomic E-state index is 0.0473. The van der Waals surface area contributed by atoms with Gasteiger partial charge in [-0.1, -0.05) is 48.5 Å². The molecule has 1 aliphatic carbocycles. The summed E-state index contributed by atoms with van der Waals surface area (Å²) in [6.07, 6.45) is 2.68. The smallest absolute Gasteiger partial charge is 0.145 e. The Bertz CT molecular complexity index is 1170. The van der Waals surface area contributed by atoms with Gasteiger partial charge in [0.2, 0.25) is 0 Å². The number of carbonyl (C=O) groups excluding carboxylic acids is 1. The lowest BCUT2D eigenvalue weighted by Gasteiger charge is -2.33. The predicted molar refractivity (Wildman–Crippen MR) is 126 cm³/mol. The summed E-state index contributed by atoms with van der Waals surface area (Å²) in [6.45, 7) is 0. The van der Waals surface area contributed by atoms with E-state index in [0.29, 0.717) is 17.9 Å². The van der Waals surface area contributed by atoms with Crippen LogP contribution in [-0.4, -0.2) is 20.0 Å². The van der Waals surface area contributed by atoms with Gasteiger partial charge in [0.1, 0.15) is 17.3 Å². The quantitative estimate of drug-likeness (QED) is 0.574. The van der Waals surface area contributed by atoms with E-state index < -0.39 is 0 Å². The van der Waals surface area contributed by atoms with Gasteiger partial charge >= 0.3 is 0 Å². The zero-order valence-corrected chi connectivity index (χ0v) is 18.2. The van der Waals surface area contributed by atoms with Crippen molar-refractivity contribution in [1.82, 2.24) is 0 Å². The summed E-state index contributed by atoms with van der Waals surface area (Å²) in [5.74, 6) is 1.30. The summed E-state index contributed by atoms with van der Waals surface area (Å²) in [6, 6.07) is 23.7. The molecule has 0 radical (unpaired) electrons. The number of anilines is 2. The number of allylic oxidation sites excluding steroid dienone is 1. The van der Waals surface area contributed by atoms with Crippen molar-refractivity contribution in [3.8, 4) is 11.5 Å². The number of ketones is 1. The molecule has 0 saturated carbocycles. The minimum Gasteiger partial charge on any atom is -0.497 e. The Morgan fingerprint density at radius 3 is 2.38 bits per heavy atom. The first-order chi connectivity index (χ1) is 15.7. The first-order valence-corrected chi connectivity index (χ1v) is 10.8. The van der Waals surface area contributed by atoms with E-state index in [0.717, 1.165) is 28.2 Å². The van der Waals surface area contributed by atoms with E-state index in [9.17, 15) is 4.79 Å². The molecule has 0 aromatic heterocycles. The Balaban J connectivity index is 1.64. The highest BCUT2D eigenvalue weighted by Gasteiger charge is 2.40. The lowest BCUT2D eigenvalue weighted by molar-refractivity contribution is -0.122. The maximum atomic E-state index is 13.6. The normalized spacial score (nSPS) is 21.8. The van der Waals surface area contributed by atoms with Crippen LogP contribution in [0.5, 0.6) is 11.5 Å². The molecular weight excluding hydrogens is 400 g/mol. The molecule has 0 saturated heterocycles. The standard InChI is InChI=1S/C27H26N2O3/c1-31-19-12-13-20(25(16-19)32-2)27-26-23(28-21-10-6-7-11-22(21)29-27)14-18(15-24(26)30)17-8-4-3-5-9-17/h3-14,16,18,26-29H,15H2,1-2H3. The summed E-state index contributed by atoms with van der Waals surface area (Å²) in [4.78, 5) is 13.6. The second-order valence-corrected chi connectivity index (χ2v) is 8.19. The fourth-order valence-electron chi connectivity index (χ4n) is 4.75. The first kappa shape index (κ1) is 20.2. The lowest BCUT2D eigenvalue weighted by Crippen LogP contribution is -2.34. The van der Waals surface area contributed by atoms with Crippen molar-refractivity contribution < 1.29 is 14.3 Å². The van der Waals surface area contributed by atoms with Crippen LogP contribution in [-0.2, 0) is 4.79 Å². The fourth-order valence-corrected chi connectivity index (χ4v) is 4.75. The maximum absolute atomic E-state index is 13.6. The summed E-state index contributed by atoms with van der Waals surface area (Å²) < 4.78 is 11.1. The van der Waals surface area contributed by atoms with Gasteiger partial charge in [0, 0.05) is 29.7 Å². The van der Waals surface area contributed by atoms with Crippen LogP contribution in [0.2, 0.25) is 0 Å². The number of hydrogen-bond acceptors (Lipinski definition) is 5. The lowest BCUT2D eigenvalue weighted by atomic mass is 9.76. The highest BCUT2D eigenvalue weighted by Crippen LogP contribution is 2.46. The molecule has 5 nitrogen and oxygen atoms in total. The van der Waals surface area contributed by atoms with Crippen LogP contribution in [0.15, 0.2) is 84.6 Å². The molecule has 1 heterocycles. The van der Waals surface area contributed by atoms with Gasteiger partial charge in [0.05, 0.1) is 37.6 Å². The van der Waals surface area contributed by atoms with E-state index in [-0.39, 0.29) is 23.7 Å². The largest absolute Gasteiger partial charge is 0.497 e. The zero-order valence-electron chi connectivity index (χ0n) is 18.2. The second-order valence-electron chi connectivity index (χ2n) is 8.19. The van der Waals surface area contributed by atoms with Crippen molar-refractivity contribution in [3.63, 3.8) is 0 Å². The zero-order chi connectivity index (χ0) is 22.1. The number of nitrogens with one attached hydrogen (secondary N) is 2. The number of hydrogen-bond donors (Lipinski definition) is 2. The first-order valence-electron chi connectivity index (χ1n) is 10.8. The second kappa shape index (κ2) is 8.42. The van der Waals surface area contributed by atoms with Gasteiger partial charge in [-0.05, 0) is 29.8 Å². The van der Waals surface area contributed by atoms with Crippen LogP contribution in [0.3, 0.4) is 0 Å². The predicted octanol–water partition coefficient (Wildman–Crippen LogP) is 5.54. The minimum atomic E-state index is -0.357. The molecule has 3 aromatic rings. The maximum Gasteiger partial charge on any atom is 0.145 e. The number of benzene rings is 3. The summed E-state index contributed by atoms with van der Waals surface area (Å²) in [5.41, 5.74) is 4.91. The number of Topliss-reactive ketones (excluding diaryl/α,β-unsaturated/α-hetero) is 1. The van der Waals surface area contributed by atoms with Crippen LogP contribution in [0, 0.1) is 5.92 Å². The monoisotopic (exact) mass is 426 g/mol. The summed E-state index contributed by atoms with van der Waals surface area (Å²) in [5, 5.41) is 7.19. The van der Waals surface area contributed by atoms with Crippen molar-refractivity contribution in [2.24, 2.45) is 5.92 Å². The van der Waals surface area contributed by atoms with Gasteiger partial charge in [0.15, 0.2) is 0 Å². The van der Waals surface area contributed by atoms with Crippen molar-refractivity contribution in [1.29, 1.82) is 0 Å². The average molecular weight is 427 g/mol. The molecule has 3 aromatic carbocycles. The molecule has 2 N–H and O–H groups in total. The molecule has 162 valence electrons. The van der Waals surface area contributed by atoms with E-state index in [1.54, 1.807) is 14.2 Å². The molecule has 0 bridgehead atoms. The summed E-state index contributed by atoms with van der Waals surface area (Å²) in [7, 11) is 3.28. The fraction of sp³-hybridized carbons (Fsp3) is 0.222. The third-order valence-electron chi connectivity index (χ3n) is 6.34. The topological polar surface area (TPSA) is 59.6 Å². The molecule has 5 heteroatoms. The number of ether oxygens (including phenoxy) is 2. The molecule has 32 heavy (non-hydrogen) atoms. The molecule has 5 rings (SSSR count). The highest BCUT2D eigenvalue weighted by atomic mass is 16.5. The Kier molecular flexibility index (Phi) is 5.31. The van der Waals surface area contributed by atoms with E-state index in [1.807, 2.05) is 60.7 Å². The van der Waals surface area contributed by atoms with Crippen LogP contribution in [0.1, 0.15) is 29.5 Å². The molecule has 0 amide bonds. The van der Waals surface area contributed by atoms with E-state index >= 15 is 0 Å². The van der Waals surface area contributed by atoms with Crippen molar-refractivity contribution >= 4 is 17.2 Å². The Morgan fingerprint density at radius 2 is 1.62 bits per heavy atom. The number of fused-ring (bicyclic) bond motifs is 2. The van der Waals surface area contributed by atoms with Crippen molar-refractivity contribution in [2.75, 3.05) is 24.9 Å². The Hall–Kier alpha value is -3.73. The van der Waals surface area contributed by atoms with Crippen LogP contribution in [0.4, 0.5) is 11.4 Å².